The van der Waals surface area contributed by atoms with Crippen LogP contribution in [0.5, 0.6) is 0 Å². The van der Waals surface area contributed by atoms with Crippen molar-refractivity contribution in [3.63, 3.8) is 0 Å². The molecule has 1 aromatic carbocycles. The quantitative estimate of drug-likeness (QED) is 0.719. The van der Waals surface area contributed by atoms with Gasteiger partial charge in [0.15, 0.2) is 0 Å². The highest BCUT2D eigenvalue weighted by Gasteiger charge is 2.30. The van der Waals surface area contributed by atoms with E-state index in [1.165, 1.54) is 4.31 Å². The topological polar surface area (TPSA) is 49.9 Å². The van der Waals surface area contributed by atoms with E-state index in [2.05, 4.69) is 6.58 Å². The number of ether oxygens (including phenoxy) is 1. The first-order valence-electron chi connectivity index (χ1n) is 5.40. The monoisotopic (exact) mass is 253 g/mol. The fourth-order valence-corrected chi connectivity index (χ4v) is 2.47. The molecule has 1 aliphatic rings. The third-order valence-corrected chi connectivity index (χ3v) is 4.00. The van der Waals surface area contributed by atoms with Crippen molar-refractivity contribution < 1.29 is 13.2 Å². The summed E-state index contributed by atoms with van der Waals surface area (Å²) in [5, 5.41) is 0.984. The number of rotatable bonds is 6. The molecular formula is C12H15NO3S. The summed E-state index contributed by atoms with van der Waals surface area (Å²) in [6.45, 7) is 4.74. The molecule has 5 heteroatoms. The van der Waals surface area contributed by atoms with E-state index in [1.54, 1.807) is 0 Å². The van der Waals surface area contributed by atoms with Crippen molar-refractivity contribution >= 4 is 10.0 Å². The molecule has 0 aromatic heterocycles. The molecule has 1 unspecified atom stereocenters. The Bertz CT molecular complexity index is 480. The Labute approximate surface area is 102 Å². The molecule has 1 aromatic rings. The van der Waals surface area contributed by atoms with Gasteiger partial charge in [0, 0.05) is 18.5 Å². The fraction of sp³-hybridized carbons (Fsp3) is 0.333. The number of sulfonamides is 1. The molecule has 2 rings (SSSR count). The van der Waals surface area contributed by atoms with Crippen LogP contribution in [0.2, 0.25) is 0 Å². The van der Waals surface area contributed by atoms with Gasteiger partial charge in [-0.15, -0.1) is 0 Å². The Kier molecular flexibility index (Phi) is 3.61. The van der Waals surface area contributed by atoms with E-state index in [0.717, 1.165) is 11.0 Å². The van der Waals surface area contributed by atoms with E-state index in [0.29, 0.717) is 19.7 Å². The van der Waals surface area contributed by atoms with Gasteiger partial charge in [0.2, 0.25) is 10.0 Å². The lowest BCUT2D eigenvalue weighted by atomic mass is 10.2. The van der Waals surface area contributed by atoms with Gasteiger partial charge in [-0.3, -0.25) is 0 Å². The van der Waals surface area contributed by atoms with Crippen LogP contribution >= 0.6 is 0 Å². The third kappa shape index (κ3) is 3.39. The molecular weight excluding hydrogens is 238 g/mol. The van der Waals surface area contributed by atoms with Crippen molar-refractivity contribution in [3.05, 3.63) is 47.9 Å². The van der Waals surface area contributed by atoms with E-state index in [-0.39, 0.29) is 6.10 Å². The van der Waals surface area contributed by atoms with E-state index in [1.807, 2.05) is 30.3 Å². The summed E-state index contributed by atoms with van der Waals surface area (Å²) in [5.74, 6) is 0. The zero-order chi connectivity index (χ0) is 12.3. The highest BCUT2D eigenvalue weighted by Crippen LogP contribution is 2.17. The van der Waals surface area contributed by atoms with Crippen LogP contribution in [0.4, 0.5) is 0 Å². The van der Waals surface area contributed by atoms with Gasteiger partial charge < -0.3 is 4.74 Å². The van der Waals surface area contributed by atoms with Gasteiger partial charge in [0.1, 0.15) is 0 Å². The van der Waals surface area contributed by atoms with Crippen molar-refractivity contribution in [2.75, 3.05) is 13.2 Å². The van der Waals surface area contributed by atoms with Crippen LogP contribution in [0.1, 0.15) is 5.56 Å². The molecule has 1 saturated heterocycles. The molecule has 0 bridgehead atoms. The molecule has 1 heterocycles. The number of hydrogen-bond acceptors (Lipinski definition) is 3. The van der Waals surface area contributed by atoms with Crippen molar-refractivity contribution in [3.8, 4) is 0 Å². The van der Waals surface area contributed by atoms with Gasteiger partial charge in [-0.05, 0) is 5.56 Å². The van der Waals surface area contributed by atoms with Crippen LogP contribution in [0, 0.1) is 0 Å². The van der Waals surface area contributed by atoms with E-state index >= 15 is 0 Å². The number of benzene rings is 1. The van der Waals surface area contributed by atoms with Crippen molar-refractivity contribution in [2.45, 2.75) is 12.6 Å². The molecule has 17 heavy (non-hydrogen) atoms. The molecule has 1 fully saturated rings. The Morgan fingerprint density at radius 2 is 2.06 bits per heavy atom. The van der Waals surface area contributed by atoms with Crippen LogP contribution in [-0.4, -0.2) is 32.0 Å². The van der Waals surface area contributed by atoms with Crippen LogP contribution in [-0.2, 0) is 21.3 Å². The predicted molar refractivity (Wildman–Crippen MR) is 65.7 cm³/mol. The summed E-state index contributed by atoms with van der Waals surface area (Å²) in [4.78, 5) is 0. The van der Waals surface area contributed by atoms with Crippen molar-refractivity contribution in [1.29, 1.82) is 0 Å². The van der Waals surface area contributed by atoms with Gasteiger partial charge >= 0.3 is 0 Å². The smallest absolute Gasteiger partial charge is 0.236 e. The van der Waals surface area contributed by atoms with Crippen molar-refractivity contribution in [2.24, 2.45) is 0 Å². The lowest BCUT2D eigenvalue weighted by molar-refractivity contribution is 0.334. The summed E-state index contributed by atoms with van der Waals surface area (Å²) in [5.41, 5.74) is 0.957. The van der Waals surface area contributed by atoms with Crippen LogP contribution in [0.15, 0.2) is 42.3 Å². The summed E-state index contributed by atoms with van der Waals surface area (Å²) in [6, 6.07) is 9.49. The van der Waals surface area contributed by atoms with Crippen LogP contribution in [0.3, 0.4) is 0 Å². The van der Waals surface area contributed by atoms with Crippen LogP contribution < -0.4 is 0 Å². The fourth-order valence-electron chi connectivity index (χ4n) is 1.55. The van der Waals surface area contributed by atoms with Gasteiger partial charge in [-0.2, -0.15) is 4.31 Å². The molecule has 0 N–H and O–H groups in total. The van der Waals surface area contributed by atoms with E-state index in [9.17, 15) is 8.42 Å². The lowest BCUT2D eigenvalue weighted by Crippen LogP contribution is -2.32. The van der Waals surface area contributed by atoms with E-state index in [4.69, 9.17) is 4.74 Å². The summed E-state index contributed by atoms with van der Waals surface area (Å²) in [7, 11) is -3.40. The normalized spacial score (nSPS) is 19.2. The molecule has 1 aliphatic heterocycles. The first-order chi connectivity index (χ1) is 8.12. The first kappa shape index (κ1) is 12.3. The zero-order valence-corrected chi connectivity index (χ0v) is 10.3. The second-order valence-electron chi connectivity index (χ2n) is 3.95. The number of nitrogens with zero attached hydrogens (tertiary/aromatic N) is 1. The minimum Gasteiger partial charge on any atom is -0.372 e. The Hall–Kier alpha value is -1.17. The zero-order valence-electron chi connectivity index (χ0n) is 9.45. The maximum atomic E-state index is 11.8. The third-order valence-electron chi connectivity index (χ3n) is 2.58. The average Bonchev–Trinajstić information content (AvgIpc) is 3.13. The molecule has 92 valence electrons. The predicted octanol–water partition coefficient (Wildman–Crippen LogP) is 1.36. The highest BCUT2D eigenvalue weighted by atomic mass is 32.2. The van der Waals surface area contributed by atoms with E-state index < -0.39 is 10.0 Å². The summed E-state index contributed by atoms with van der Waals surface area (Å²) in [6.07, 6.45) is 0.0356. The average molecular weight is 253 g/mol. The van der Waals surface area contributed by atoms with Crippen molar-refractivity contribution in [1.82, 2.24) is 4.31 Å². The van der Waals surface area contributed by atoms with Gasteiger partial charge in [0.25, 0.3) is 0 Å². The summed E-state index contributed by atoms with van der Waals surface area (Å²) >= 11 is 0. The molecule has 0 saturated carbocycles. The second kappa shape index (κ2) is 5.00. The van der Waals surface area contributed by atoms with Gasteiger partial charge in [0.05, 0.1) is 12.7 Å². The first-order valence-corrected chi connectivity index (χ1v) is 6.90. The minimum absolute atomic E-state index is 0.0356. The SMILES string of the molecule is C=CS(=O)(=O)N(Cc1ccccc1)CC1CO1. The Morgan fingerprint density at radius 3 is 2.59 bits per heavy atom. The standard InChI is InChI=1S/C12H15NO3S/c1-2-17(14,15)13(9-12-10-16-12)8-11-6-4-3-5-7-11/h2-7,12H,1,8-10H2. The maximum Gasteiger partial charge on any atom is 0.236 e. The highest BCUT2D eigenvalue weighted by molar-refractivity contribution is 7.91. The molecule has 0 radical (unpaired) electrons. The molecule has 4 nitrogen and oxygen atoms in total. The molecule has 0 aliphatic carbocycles. The molecule has 0 spiro atoms. The van der Waals surface area contributed by atoms with Crippen LogP contribution in [0.25, 0.3) is 0 Å². The largest absolute Gasteiger partial charge is 0.372 e. The molecule has 1 atom stereocenters. The Balaban J connectivity index is 2.13. The van der Waals surface area contributed by atoms with Gasteiger partial charge in [-0.1, -0.05) is 36.9 Å². The minimum atomic E-state index is -3.40. The Morgan fingerprint density at radius 1 is 1.41 bits per heavy atom. The second-order valence-corrected chi connectivity index (χ2v) is 5.82. The lowest BCUT2D eigenvalue weighted by Gasteiger charge is -2.19. The molecule has 0 amide bonds. The number of epoxide rings is 1. The number of hydrogen-bond donors (Lipinski definition) is 0. The maximum absolute atomic E-state index is 11.8. The van der Waals surface area contributed by atoms with Gasteiger partial charge in [-0.25, -0.2) is 8.42 Å². The summed E-state index contributed by atoms with van der Waals surface area (Å²) < 4.78 is 30.1.